The number of carbonyl (C=O) groups excluding carboxylic acids is 2. The van der Waals surface area contributed by atoms with Crippen molar-refractivity contribution in [1.82, 2.24) is 9.80 Å². The van der Waals surface area contributed by atoms with Crippen molar-refractivity contribution in [3.63, 3.8) is 0 Å². The number of esters is 1. The third-order valence-electron chi connectivity index (χ3n) is 20.7. The minimum atomic E-state index is -0.530. The van der Waals surface area contributed by atoms with Crippen LogP contribution < -0.4 is 0 Å². The van der Waals surface area contributed by atoms with Gasteiger partial charge in [0, 0.05) is 62.8 Å². The Hall–Kier alpha value is -1.64. The molecule has 0 radical (unpaired) electrons. The average Bonchev–Trinajstić information content (AvgIpc) is 3.35. The van der Waals surface area contributed by atoms with Crippen molar-refractivity contribution in [2.45, 2.75) is 294 Å². The first-order valence-corrected chi connectivity index (χ1v) is 29.3. The summed E-state index contributed by atoms with van der Waals surface area (Å²) in [7, 11) is 1.87. The maximum absolute atomic E-state index is 13.3. The molecule has 67 heavy (non-hydrogen) atoms. The van der Waals surface area contributed by atoms with E-state index >= 15 is 0 Å². The molecule has 8 aliphatic carbocycles. The Morgan fingerprint density at radius 3 is 1.42 bits per heavy atom. The number of rotatable bonds is 16. The van der Waals surface area contributed by atoms with E-state index in [0.717, 1.165) is 107 Å². The SMILES string of the molecule is C=C(OC(=O)OC1CCC(C(C)(C)C2CCC(OC(C)=O)CC2)CC1)C1CCCC(N(C2CCCCC2)C2CCC(C3CCC(N(C4CCCCC4)C4CCC(CCOC)CC4)CC3)CC2)C1. The van der Waals surface area contributed by atoms with Gasteiger partial charge in [-0.1, -0.05) is 65.4 Å². The lowest BCUT2D eigenvalue weighted by atomic mass is 9.60. The normalized spacial score (nSPS) is 36.6. The lowest BCUT2D eigenvalue weighted by Crippen LogP contribution is -2.53. The summed E-state index contributed by atoms with van der Waals surface area (Å²) in [6, 6.07) is 4.48. The topological polar surface area (TPSA) is 77.5 Å². The Bertz CT molecular complexity index is 1500. The number of allylic oxidation sites excluding steroid dienone is 1. The third kappa shape index (κ3) is 13.9. The van der Waals surface area contributed by atoms with Gasteiger partial charge < -0.3 is 18.9 Å². The van der Waals surface area contributed by atoms with Crippen molar-refractivity contribution < 1.29 is 28.5 Å². The molecule has 8 fully saturated rings. The standard InChI is InChI=1S/C59H100N2O6/c1-42(65-58(63)67-57-37-27-49(28-38-57)59(3,4)48-25-35-56(36-26-48)66-43(2)62)47-13-12-18-55(41-47)61(51-16-10-7-11-17-51)54-33-23-46(24-34-54)45-21-31-53(32-22-45)60(50-14-8-6-9-15-50)52-29-19-44(20-30-52)39-40-64-5/h44-57H,1,6-41H2,2-5H3. The zero-order chi connectivity index (χ0) is 46.8. The Balaban J connectivity index is 0.790. The maximum atomic E-state index is 13.3. The number of nitrogens with zero attached hydrogens (tertiary/aromatic N) is 2. The number of ether oxygens (including phenoxy) is 4. The first-order chi connectivity index (χ1) is 32.5. The van der Waals surface area contributed by atoms with Crippen LogP contribution >= 0.6 is 0 Å². The van der Waals surface area contributed by atoms with Crippen LogP contribution in [0.1, 0.15) is 245 Å². The first-order valence-electron chi connectivity index (χ1n) is 29.3. The van der Waals surface area contributed by atoms with Crippen molar-refractivity contribution >= 4 is 12.1 Å². The smallest absolute Gasteiger partial charge is 0.463 e. The van der Waals surface area contributed by atoms with Gasteiger partial charge in [0.25, 0.3) is 0 Å². The highest BCUT2D eigenvalue weighted by Crippen LogP contribution is 2.50. The fourth-order valence-electron chi connectivity index (χ4n) is 16.8. The van der Waals surface area contributed by atoms with Crippen LogP contribution in [-0.2, 0) is 23.7 Å². The van der Waals surface area contributed by atoms with Crippen molar-refractivity contribution in [3.05, 3.63) is 12.3 Å². The lowest BCUT2D eigenvalue weighted by molar-refractivity contribution is -0.148. The van der Waals surface area contributed by atoms with Gasteiger partial charge in [-0.25, -0.2) is 4.79 Å². The zero-order valence-electron chi connectivity index (χ0n) is 43.6. The minimum Gasteiger partial charge on any atom is -0.463 e. The molecule has 0 spiro atoms. The van der Waals surface area contributed by atoms with E-state index in [-0.39, 0.29) is 29.5 Å². The fourth-order valence-corrected chi connectivity index (χ4v) is 16.8. The summed E-state index contributed by atoms with van der Waals surface area (Å²) < 4.78 is 23.0. The zero-order valence-corrected chi connectivity index (χ0v) is 43.6. The Labute approximate surface area is 409 Å². The van der Waals surface area contributed by atoms with Gasteiger partial charge in [0.1, 0.15) is 18.0 Å². The van der Waals surface area contributed by atoms with E-state index in [1.165, 1.54) is 167 Å². The third-order valence-corrected chi connectivity index (χ3v) is 20.7. The van der Waals surface area contributed by atoms with Crippen molar-refractivity contribution in [3.8, 4) is 0 Å². The summed E-state index contributed by atoms with van der Waals surface area (Å²) in [5, 5.41) is 0. The highest BCUT2D eigenvalue weighted by Gasteiger charge is 2.44. The van der Waals surface area contributed by atoms with Gasteiger partial charge in [0.05, 0.1) is 0 Å². The van der Waals surface area contributed by atoms with Crippen LogP contribution in [0.3, 0.4) is 0 Å². The van der Waals surface area contributed by atoms with Gasteiger partial charge >= 0.3 is 12.1 Å². The van der Waals surface area contributed by atoms with Gasteiger partial charge in [0.15, 0.2) is 0 Å². The van der Waals surface area contributed by atoms with Gasteiger partial charge in [-0.3, -0.25) is 14.6 Å². The molecule has 0 saturated heterocycles. The van der Waals surface area contributed by atoms with Gasteiger partial charge in [-0.15, -0.1) is 0 Å². The number of hydrogen-bond donors (Lipinski definition) is 0. The maximum Gasteiger partial charge on any atom is 0.513 e. The number of methoxy groups -OCH3 is 1. The summed E-state index contributed by atoms with van der Waals surface area (Å²) >= 11 is 0. The van der Waals surface area contributed by atoms with Crippen molar-refractivity contribution in [1.29, 1.82) is 0 Å². The molecule has 8 aliphatic rings. The van der Waals surface area contributed by atoms with E-state index in [9.17, 15) is 9.59 Å². The van der Waals surface area contributed by atoms with Crippen LogP contribution in [0.2, 0.25) is 0 Å². The molecule has 8 heteroatoms. The van der Waals surface area contributed by atoms with Gasteiger partial charge in [0.2, 0.25) is 0 Å². The van der Waals surface area contributed by atoms with Crippen LogP contribution in [0.4, 0.5) is 4.79 Å². The summed E-state index contributed by atoms with van der Waals surface area (Å²) in [5.74, 6) is 4.70. The summed E-state index contributed by atoms with van der Waals surface area (Å²) in [6.45, 7) is 11.8. The molecule has 0 aromatic heterocycles. The highest BCUT2D eigenvalue weighted by molar-refractivity contribution is 5.66. The summed E-state index contributed by atoms with van der Waals surface area (Å²) in [5.41, 5.74) is 0.225. The molecule has 0 amide bonds. The molecule has 8 rings (SSSR count). The largest absolute Gasteiger partial charge is 0.513 e. The predicted octanol–water partition coefficient (Wildman–Crippen LogP) is 14.9. The highest BCUT2D eigenvalue weighted by atomic mass is 16.7. The predicted molar refractivity (Wildman–Crippen MR) is 271 cm³/mol. The van der Waals surface area contributed by atoms with Crippen LogP contribution in [0.15, 0.2) is 12.3 Å². The Kier molecular flexibility index (Phi) is 19.4. The monoisotopic (exact) mass is 933 g/mol. The van der Waals surface area contributed by atoms with E-state index in [4.69, 9.17) is 18.9 Å². The number of hydrogen-bond acceptors (Lipinski definition) is 8. The Morgan fingerprint density at radius 2 is 0.940 bits per heavy atom. The minimum absolute atomic E-state index is 0.0733. The van der Waals surface area contributed by atoms with E-state index < -0.39 is 6.16 Å². The molecule has 0 aliphatic heterocycles. The molecule has 0 bridgehead atoms. The average molecular weight is 933 g/mol. The van der Waals surface area contributed by atoms with Crippen molar-refractivity contribution in [2.24, 2.45) is 40.9 Å². The molecule has 2 atom stereocenters. The summed E-state index contributed by atoms with van der Waals surface area (Å²) in [6.07, 6.45) is 44.7. The molecule has 0 aromatic carbocycles. The molecule has 8 saturated carbocycles. The van der Waals surface area contributed by atoms with E-state index in [0.29, 0.717) is 35.7 Å². The van der Waals surface area contributed by atoms with E-state index in [1.807, 2.05) is 7.11 Å². The fraction of sp³-hybridized carbons (Fsp3) is 0.932. The van der Waals surface area contributed by atoms with Gasteiger partial charge in [-0.2, -0.15) is 0 Å². The van der Waals surface area contributed by atoms with Crippen LogP contribution in [0, 0.1) is 40.9 Å². The summed E-state index contributed by atoms with van der Waals surface area (Å²) in [4.78, 5) is 31.1. The Morgan fingerprint density at radius 1 is 0.507 bits per heavy atom. The molecule has 0 aromatic rings. The second kappa shape index (κ2) is 25.1. The quantitative estimate of drug-likeness (QED) is 0.112. The molecule has 0 N–H and O–H groups in total. The van der Waals surface area contributed by atoms with E-state index in [1.54, 1.807) is 0 Å². The first kappa shape index (κ1) is 51.7. The molecule has 0 heterocycles. The molecule has 382 valence electrons. The second-order valence-electron chi connectivity index (χ2n) is 24.9. The molecule has 8 nitrogen and oxygen atoms in total. The van der Waals surface area contributed by atoms with E-state index in [2.05, 4.69) is 30.2 Å². The lowest BCUT2D eigenvalue weighted by Gasteiger charge is -2.51. The molecule has 2 unspecified atom stereocenters. The van der Waals surface area contributed by atoms with Crippen LogP contribution in [-0.4, -0.2) is 84.1 Å². The second-order valence-corrected chi connectivity index (χ2v) is 24.9. The molecular formula is C59H100N2O6. The van der Waals surface area contributed by atoms with Crippen LogP contribution in [0.5, 0.6) is 0 Å². The number of carbonyl (C=O) groups is 2. The molecular weight excluding hydrogens is 833 g/mol. The van der Waals surface area contributed by atoms with Crippen molar-refractivity contribution in [2.75, 3.05) is 13.7 Å². The van der Waals surface area contributed by atoms with Gasteiger partial charge in [-0.05, 0) is 215 Å². The van der Waals surface area contributed by atoms with Crippen LogP contribution in [0.25, 0.3) is 0 Å².